The molecular weight excluding hydrogens is 261 g/mol. The van der Waals surface area contributed by atoms with Crippen molar-refractivity contribution in [3.05, 3.63) is 34.1 Å². The number of hydrogen-bond donors (Lipinski definition) is 1. The molecule has 108 valence electrons. The predicted octanol–water partition coefficient (Wildman–Crippen LogP) is 2.45. The minimum absolute atomic E-state index is 0.130. The van der Waals surface area contributed by atoms with E-state index >= 15 is 0 Å². The third-order valence-corrected chi connectivity index (χ3v) is 4.01. The zero-order valence-electron chi connectivity index (χ0n) is 11.2. The molecule has 1 aliphatic heterocycles. The van der Waals surface area contributed by atoms with Crippen molar-refractivity contribution in [2.24, 2.45) is 0 Å². The monoisotopic (exact) mass is 279 g/mol. The van der Waals surface area contributed by atoms with Crippen molar-refractivity contribution in [3.8, 4) is 0 Å². The van der Waals surface area contributed by atoms with Crippen molar-refractivity contribution in [3.63, 3.8) is 0 Å². The Morgan fingerprint density at radius 1 is 1.40 bits per heavy atom. The number of nitro benzene ring substituents is 1. The number of rotatable bonds is 5. The fourth-order valence-corrected chi connectivity index (χ4v) is 2.87. The van der Waals surface area contributed by atoms with Gasteiger partial charge in [-0.2, -0.15) is 0 Å². The third kappa shape index (κ3) is 2.75. The molecule has 1 N–H and O–H groups in total. The lowest BCUT2D eigenvalue weighted by molar-refractivity contribution is -0.384. The van der Waals surface area contributed by atoms with Gasteiger partial charge in [-0.15, -0.1) is 0 Å². The van der Waals surface area contributed by atoms with Gasteiger partial charge in [-0.25, -0.2) is 4.39 Å². The van der Waals surface area contributed by atoms with E-state index in [2.05, 4.69) is 10.2 Å². The first-order valence-electron chi connectivity index (χ1n) is 7.09. The Hall–Kier alpha value is -1.69. The molecule has 3 rings (SSSR count). The molecule has 2 fully saturated rings. The van der Waals surface area contributed by atoms with E-state index in [1.165, 1.54) is 6.07 Å². The van der Waals surface area contributed by atoms with E-state index in [-0.39, 0.29) is 5.69 Å². The second-order valence-corrected chi connectivity index (χ2v) is 5.57. The highest BCUT2D eigenvalue weighted by atomic mass is 19.1. The molecule has 1 heterocycles. The highest BCUT2D eigenvalue weighted by Gasteiger charge is 2.34. The summed E-state index contributed by atoms with van der Waals surface area (Å²) in [6.07, 6.45) is 4.36. The molecule has 1 aromatic rings. The molecule has 5 nitrogen and oxygen atoms in total. The summed E-state index contributed by atoms with van der Waals surface area (Å²) in [5.41, 5.74) is 0.419. The molecule has 1 saturated heterocycles. The zero-order valence-corrected chi connectivity index (χ0v) is 11.2. The van der Waals surface area contributed by atoms with E-state index in [1.807, 2.05) is 0 Å². The quantitative estimate of drug-likeness (QED) is 0.664. The largest absolute Gasteiger partial charge is 0.361 e. The molecule has 0 radical (unpaired) electrons. The van der Waals surface area contributed by atoms with Gasteiger partial charge in [-0.1, -0.05) is 0 Å². The van der Waals surface area contributed by atoms with Crippen LogP contribution < -0.4 is 10.2 Å². The maximum absolute atomic E-state index is 13.3. The molecule has 20 heavy (non-hydrogen) atoms. The van der Waals surface area contributed by atoms with Crippen LogP contribution in [0.4, 0.5) is 15.8 Å². The van der Waals surface area contributed by atoms with Crippen LogP contribution in [0.15, 0.2) is 18.2 Å². The molecule has 1 aliphatic carbocycles. The SMILES string of the molecule is O=[N+]([O-])c1cc(F)ccc1N(CC1CCCN1)C1CC1. The van der Waals surface area contributed by atoms with Crippen molar-refractivity contribution >= 4 is 11.4 Å². The van der Waals surface area contributed by atoms with Gasteiger partial charge in [0.25, 0.3) is 5.69 Å². The summed E-state index contributed by atoms with van der Waals surface area (Å²) in [5, 5.41) is 14.6. The highest BCUT2D eigenvalue weighted by molar-refractivity contribution is 5.64. The molecule has 0 bridgehead atoms. The maximum Gasteiger partial charge on any atom is 0.295 e. The van der Waals surface area contributed by atoms with Crippen LogP contribution in [0.2, 0.25) is 0 Å². The molecule has 1 saturated carbocycles. The molecule has 2 aliphatic rings. The topological polar surface area (TPSA) is 58.4 Å². The van der Waals surface area contributed by atoms with Gasteiger partial charge in [0.15, 0.2) is 0 Å². The van der Waals surface area contributed by atoms with E-state index in [0.29, 0.717) is 17.8 Å². The predicted molar refractivity (Wildman–Crippen MR) is 74.4 cm³/mol. The second kappa shape index (κ2) is 5.36. The van der Waals surface area contributed by atoms with E-state index in [4.69, 9.17) is 0 Å². The Kier molecular flexibility index (Phi) is 3.56. The molecule has 0 aromatic heterocycles. The first-order chi connectivity index (χ1) is 9.65. The smallest absolute Gasteiger partial charge is 0.295 e. The van der Waals surface area contributed by atoms with Crippen LogP contribution in [0.3, 0.4) is 0 Å². The van der Waals surface area contributed by atoms with Crippen molar-refractivity contribution < 1.29 is 9.31 Å². The molecule has 0 spiro atoms. The molecule has 1 unspecified atom stereocenters. The van der Waals surface area contributed by atoms with Crippen LogP contribution in [0.5, 0.6) is 0 Å². The van der Waals surface area contributed by atoms with Crippen LogP contribution in [-0.4, -0.2) is 30.1 Å². The van der Waals surface area contributed by atoms with Crippen molar-refractivity contribution in [1.29, 1.82) is 0 Å². The summed E-state index contributed by atoms with van der Waals surface area (Å²) in [7, 11) is 0. The lowest BCUT2D eigenvalue weighted by Crippen LogP contribution is -2.39. The minimum atomic E-state index is -0.560. The average Bonchev–Trinajstić information content (AvgIpc) is 3.13. The number of nitro groups is 1. The van der Waals surface area contributed by atoms with Gasteiger partial charge in [0.05, 0.1) is 11.0 Å². The lowest BCUT2D eigenvalue weighted by Gasteiger charge is -2.27. The summed E-state index contributed by atoms with van der Waals surface area (Å²) >= 11 is 0. The van der Waals surface area contributed by atoms with E-state index in [0.717, 1.165) is 44.8 Å². The Morgan fingerprint density at radius 3 is 2.80 bits per heavy atom. The highest BCUT2D eigenvalue weighted by Crippen LogP contribution is 2.37. The summed E-state index contributed by atoms with van der Waals surface area (Å²) < 4.78 is 13.3. The standard InChI is InChI=1S/C14H18FN3O2/c15-10-3-6-13(14(8-10)18(19)20)17(12-4-5-12)9-11-2-1-7-16-11/h3,6,8,11-12,16H,1-2,4-5,7,9H2. The number of hydrogen-bond acceptors (Lipinski definition) is 4. The van der Waals surface area contributed by atoms with Crippen molar-refractivity contribution in [2.75, 3.05) is 18.0 Å². The van der Waals surface area contributed by atoms with Gasteiger partial charge in [0.2, 0.25) is 0 Å². The number of anilines is 1. The van der Waals surface area contributed by atoms with Gasteiger partial charge < -0.3 is 10.2 Å². The minimum Gasteiger partial charge on any atom is -0.361 e. The maximum atomic E-state index is 13.3. The van der Waals surface area contributed by atoms with Crippen LogP contribution in [-0.2, 0) is 0 Å². The lowest BCUT2D eigenvalue weighted by atomic mass is 10.1. The van der Waals surface area contributed by atoms with Crippen LogP contribution in [0.1, 0.15) is 25.7 Å². The number of benzene rings is 1. The first kappa shape index (κ1) is 13.3. The Balaban J connectivity index is 1.88. The average molecular weight is 279 g/mol. The Morgan fingerprint density at radius 2 is 2.20 bits per heavy atom. The van der Waals surface area contributed by atoms with E-state index in [1.54, 1.807) is 6.07 Å². The van der Waals surface area contributed by atoms with Gasteiger partial charge >= 0.3 is 0 Å². The zero-order chi connectivity index (χ0) is 14.1. The summed E-state index contributed by atoms with van der Waals surface area (Å²) in [6, 6.07) is 4.61. The summed E-state index contributed by atoms with van der Waals surface area (Å²) in [4.78, 5) is 12.7. The molecule has 1 atom stereocenters. The fraction of sp³-hybridized carbons (Fsp3) is 0.571. The van der Waals surface area contributed by atoms with E-state index < -0.39 is 10.7 Å². The van der Waals surface area contributed by atoms with Crippen LogP contribution >= 0.6 is 0 Å². The van der Waals surface area contributed by atoms with Gasteiger partial charge in [-0.05, 0) is 44.4 Å². The normalized spacial score (nSPS) is 21.9. The Bertz CT molecular complexity index is 513. The molecular formula is C14H18FN3O2. The van der Waals surface area contributed by atoms with E-state index in [9.17, 15) is 14.5 Å². The molecule has 0 amide bonds. The summed E-state index contributed by atoms with van der Waals surface area (Å²) in [5.74, 6) is -0.560. The number of halogens is 1. The first-order valence-corrected chi connectivity index (χ1v) is 7.09. The van der Waals surface area contributed by atoms with Gasteiger partial charge in [0, 0.05) is 18.6 Å². The summed E-state index contributed by atoms with van der Waals surface area (Å²) in [6.45, 7) is 1.77. The third-order valence-electron chi connectivity index (χ3n) is 4.01. The van der Waals surface area contributed by atoms with Crippen LogP contribution in [0.25, 0.3) is 0 Å². The Labute approximate surface area is 116 Å². The molecule has 6 heteroatoms. The fourth-order valence-electron chi connectivity index (χ4n) is 2.87. The second-order valence-electron chi connectivity index (χ2n) is 5.57. The number of nitrogens with zero attached hydrogens (tertiary/aromatic N) is 2. The molecule has 1 aromatic carbocycles. The van der Waals surface area contributed by atoms with Crippen LogP contribution in [0, 0.1) is 15.9 Å². The van der Waals surface area contributed by atoms with Crippen molar-refractivity contribution in [1.82, 2.24) is 5.32 Å². The van der Waals surface area contributed by atoms with Gasteiger partial charge in [0.1, 0.15) is 11.5 Å². The van der Waals surface area contributed by atoms with Crippen molar-refractivity contribution in [2.45, 2.75) is 37.8 Å². The number of nitrogens with one attached hydrogen (secondary N) is 1. The van der Waals surface area contributed by atoms with Gasteiger partial charge in [-0.3, -0.25) is 10.1 Å².